The van der Waals surface area contributed by atoms with Crippen LogP contribution in [0.1, 0.15) is 31.4 Å². The minimum absolute atomic E-state index is 0.273. The molecule has 0 saturated carbocycles. The van der Waals surface area contributed by atoms with E-state index in [4.69, 9.17) is 0 Å². The molecule has 1 saturated heterocycles. The van der Waals surface area contributed by atoms with E-state index >= 15 is 0 Å². The van der Waals surface area contributed by atoms with Crippen LogP contribution in [0.25, 0.3) is 0 Å². The Hall–Kier alpha value is -2.37. The van der Waals surface area contributed by atoms with E-state index in [9.17, 15) is 14.4 Å². The highest BCUT2D eigenvalue weighted by Gasteiger charge is 2.49. The number of imide groups is 1. The maximum absolute atomic E-state index is 12.6. The van der Waals surface area contributed by atoms with E-state index in [-0.39, 0.29) is 12.5 Å². The molecule has 2 N–H and O–H groups in total. The van der Waals surface area contributed by atoms with Gasteiger partial charge in [-0.25, -0.2) is 4.79 Å². The lowest BCUT2D eigenvalue weighted by atomic mass is 9.91. The van der Waals surface area contributed by atoms with Crippen molar-refractivity contribution in [2.45, 2.75) is 32.2 Å². The van der Waals surface area contributed by atoms with E-state index in [0.29, 0.717) is 5.56 Å². The Morgan fingerprint density at radius 3 is 2.45 bits per heavy atom. The Bertz CT molecular complexity index is 597. The van der Waals surface area contributed by atoms with Gasteiger partial charge in [-0.05, 0) is 24.5 Å². The lowest BCUT2D eigenvalue weighted by Crippen LogP contribution is -2.42. The van der Waals surface area contributed by atoms with Crippen LogP contribution in [-0.2, 0) is 21.5 Å². The maximum atomic E-state index is 12.6. The molecular formula is C16H21N3O3. The Labute approximate surface area is 129 Å². The minimum atomic E-state index is -1.13. The highest BCUT2D eigenvalue weighted by atomic mass is 16.2. The SMILES string of the molecule is CCCc1ccc(C2(C)NC(=O)N(CC(=O)NC)C2=O)cc1. The molecule has 0 spiro atoms. The summed E-state index contributed by atoms with van der Waals surface area (Å²) in [6.07, 6.45) is 2.02. The van der Waals surface area contributed by atoms with Gasteiger partial charge < -0.3 is 10.6 Å². The predicted molar refractivity (Wildman–Crippen MR) is 82.1 cm³/mol. The van der Waals surface area contributed by atoms with Crippen LogP contribution in [-0.4, -0.2) is 36.3 Å². The Morgan fingerprint density at radius 1 is 1.27 bits per heavy atom. The highest BCUT2D eigenvalue weighted by Crippen LogP contribution is 2.29. The molecule has 6 heteroatoms. The molecule has 0 aromatic heterocycles. The number of aryl methyl sites for hydroxylation is 1. The smallest absolute Gasteiger partial charge is 0.325 e. The second kappa shape index (κ2) is 6.17. The lowest BCUT2D eigenvalue weighted by molar-refractivity contribution is -0.134. The van der Waals surface area contributed by atoms with Crippen molar-refractivity contribution in [3.05, 3.63) is 35.4 Å². The van der Waals surface area contributed by atoms with Gasteiger partial charge in [0.1, 0.15) is 12.1 Å². The van der Waals surface area contributed by atoms with Gasteiger partial charge >= 0.3 is 6.03 Å². The summed E-state index contributed by atoms with van der Waals surface area (Å²) in [5.74, 6) is -0.796. The number of hydrogen-bond donors (Lipinski definition) is 2. The van der Waals surface area contributed by atoms with Crippen molar-refractivity contribution in [2.75, 3.05) is 13.6 Å². The van der Waals surface area contributed by atoms with E-state index in [1.165, 1.54) is 12.6 Å². The summed E-state index contributed by atoms with van der Waals surface area (Å²) in [5.41, 5.74) is 0.773. The van der Waals surface area contributed by atoms with Crippen LogP contribution in [0.2, 0.25) is 0 Å². The van der Waals surface area contributed by atoms with Crippen molar-refractivity contribution in [1.29, 1.82) is 0 Å². The molecule has 0 aliphatic carbocycles. The van der Waals surface area contributed by atoms with Crippen molar-refractivity contribution in [3.63, 3.8) is 0 Å². The van der Waals surface area contributed by atoms with Gasteiger partial charge in [-0.2, -0.15) is 0 Å². The summed E-state index contributed by atoms with van der Waals surface area (Å²) in [6, 6.07) is 7.09. The minimum Gasteiger partial charge on any atom is -0.358 e. The number of nitrogens with zero attached hydrogens (tertiary/aromatic N) is 1. The molecule has 118 valence electrons. The predicted octanol–water partition coefficient (Wildman–Crippen LogP) is 1.15. The van der Waals surface area contributed by atoms with Gasteiger partial charge in [0, 0.05) is 7.05 Å². The monoisotopic (exact) mass is 303 g/mol. The Morgan fingerprint density at radius 2 is 1.91 bits per heavy atom. The second-order valence-electron chi connectivity index (χ2n) is 5.57. The van der Waals surface area contributed by atoms with Crippen molar-refractivity contribution in [1.82, 2.24) is 15.5 Å². The third kappa shape index (κ3) is 2.81. The second-order valence-corrected chi connectivity index (χ2v) is 5.57. The van der Waals surface area contributed by atoms with E-state index in [0.717, 1.165) is 17.7 Å². The first-order valence-corrected chi connectivity index (χ1v) is 7.36. The number of benzene rings is 1. The summed E-state index contributed by atoms with van der Waals surface area (Å²) in [6.45, 7) is 3.49. The van der Waals surface area contributed by atoms with Crippen LogP contribution in [0.15, 0.2) is 24.3 Å². The first-order valence-electron chi connectivity index (χ1n) is 7.36. The fraction of sp³-hybridized carbons (Fsp3) is 0.438. The topological polar surface area (TPSA) is 78.5 Å². The summed E-state index contributed by atoms with van der Waals surface area (Å²) < 4.78 is 0. The van der Waals surface area contributed by atoms with Crippen LogP contribution in [0.4, 0.5) is 4.79 Å². The van der Waals surface area contributed by atoms with Crippen molar-refractivity contribution < 1.29 is 14.4 Å². The number of likely N-dealkylation sites (N-methyl/N-ethyl adjacent to an activating group) is 1. The number of rotatable bonds is 5. The molecule has 1 atom stereocenters. The van der Waals surface area contributed by atoms with Gasteiger partial charge in [0.15, 0.2) is 0 Å². The molecule has 1 aliphatic heterocycles. The lowest BCUT2D eigenvalue weighted by Gasteiger charge is -2.22. The average molecular weight is 303 g/mol. The van der Waals surface area contributed by atoms with E-state index in [2.05, 4.69) is 17.6 Å². The number of nitrogens with one attached hydrogen (secondary N) is 2. The van der Waals surface area contributed by atoms with Crippen LogP contribution in [0.3, 0.4) is 0 Å². The summed E-state index contributed by atoms with van der Waals surface area (Å²) in [4.78, 5) is 37.0. The summed E-state index contributed by atoms with van der Waals surface area (Å²) in [7, 11) is 1.46. The number of amides is 4. The summed E-state index contributed by atoms with van der Waals surface area (Å²) >= 11 is 0. The molecular weight excluding hydrogens is 282 g/mol. The molecule has 1 fully saturated rings. The van der Waals surface area contributed by atoms with E-state index in [1.54, 1.807) is 6.92 Å². The fourth-order valence-corrected chi connectivity index (χ4v) is 2.55. The van der Waals surface area contributed by atoms with Crippen molar-refractivity contribution >= 4 is 17.8 Å². The first-order chi connectivity index (χ1) is 10.4. The maximum Gasteiger partial charge on any atom is 0.325 e. The van der Waals surface area contributed by atoms with E-state index < -0.39 is 17.5 Å². The van der Waals surface area contributed by atoms with Gasteiger partial charge in [-0.1, -0.05) is 37.6 Å². The molecule has 22 heavy (non-hydrogen) atoms. The Balaban J connectivity index is 2.24. The molecule has 1 aromatic rings. The van der Waals surface area contributed by atoms with E-state index in [1.807, 2.05) is 24.3 Å². The molecule has 1 heterocycles. The van der Waals surface area contributed by atoms with Crippen LogP contribution in [0, 0.1) is 0 Å². The van der Waals surface area contributed by atoms with Crippen molar-refractivity contribution in [3.8, 4) is 0 Å². The molecule has 4 amide bonds. The normalized spacial score (nSPS) is 21.0. The quantitative estimate of drug-likeness (QED) is 0.801. The van der Waals surface area contributed by atoms with Crippen molar-refractivity contribution in [2.24, 2.45) is 0 Å². The van der Waals surface area contributed by atoms with Gasteiger partial charge in [0.2, 0.25) is 5.91 Å². The fourth-order valence-electron chi connectivity index (χ4n) is 2.55. The molecule has 1 aromatic carbocycles. The highest BCUT2D eigenvalue weighted by molar-refractivity contribution is 6.09. The molecule has 6 nitrogen and oxygen atoms in total. The van der Waals surface area contributed by atoms with Gasteiger partial charge in [-0.15, -0.1) is 0 Å². The largest absolute Gasteiger partial charge is 0.358 e. The van der Waals surface area contributed by atoms with Gasteiger partial charge in [-0.3, -0.25) is 14.5 Å². The third-order valence-electron chi connectivity index (χ3n) is 3.93. The first kappa shape index (κ1) is 16.0. The van der Waals surface area contributed by atoms with Crippen LogP contribution in [0.5, 0.6) is 0 Å². The summed E-state index contributed by atoms with van der Waals surface area (Å²) in [5, 5.41) is 5.09. The number of hydrogen-bond acceptors (Lipinski definition) is 3. The standard InChI is InChI=1S/C16H21N3O3/c1-4-5-11-6-8-12(9-7-11)16(2)14(21)19(15(22)18-16)10-13(20)17-3/h6-9H,4-5,10H2,1-3H3,(H,17,20)(H,18,22). The van der Waals surface area contributed by atoms with Crippen LogP contribution >= 0.6 is 0 Å². The number of carbonyl (C=O) groups is 3. The number of carbonyl (C=O) groups excluding carboxylic acids is 3. The van der Waals surface area contributed by atoms with Gasteiger partial charge in [0.05, 0.1) is 0 Å². The zero-order chi connectivity index (χ0) is 16.3. The average Bonchev–Trinajstić information content (AvgIpc) is 2.72. The van der Waals surface area contributed by atoms with Gasteiger partial charge in [0.25, 0.3) is 5.91 Å². The third-order valence-corrected chi connectivity index (χ3v) is 3.93. The molecule has 2 rings (SSSR count). The number of urea groups is 1. The molecule has 0 radical (unpaired) electrons. The molecule has 0 bridgehead atoms. The molecule has 1 unspecified atom stereocenters. The Kier molecular flexibility index (Phi) is 4.49. The van der Waals surface area contributed by atoms with Crippen LogP contribution < -0.4 is 10.6 Å². The molecule has 1 aliphatic rings. The zero-order valence-electron chi connectivity index (χ0n) is 13.1. The zero-order valence-corrected chi connectivity index (χ0v) is 13.1.